The van der Waals surface area contributed by atoms with Gasteiger partial charge in [-0.3, -0.25) is 14.4 Å². The molecule has 0 aliphatic carbocycles. The third-order valence-corrected chi connectivity index (χ3v) is 12.1. The van der Waals surface area contributed by atoms with Crippen molar-refractivity contribution in [1.29, 1.82) is 0 Å². The highest BCUT2D eigenvalue weighted by Crippen LogP contribution is 2.13. The summed E-state index contributed by atoms with van der Waals surface area (Å²) in [6, 6.07) is 0. The molecule has 0 radical (unpaired) electrons. The van der Waals surface area contributed by atoms with E-state index in [4.69, 9.17) is 14.2 Å². The predicted molar refractivity (Wildman–Crippen MR) is 320 cm³/mol. The number of rotatable bonds is 52. The molecule has 1 unspecified atom stereocenters. The van der Waals surface area contributed by atoms with Crippen LogP contribution >= 0.6 is 0 Å². The standard InChI is InChI=1S/C68H108O6/c1-4-7-10-13-16-19-22-25-27-29-30-31-32-33-34-35-36-37-38-39-41-43-46-49-52-55-58-61-67(70)73-64-65(63-72-66(69)60-57-54-51-48-45-42-24-21-18-15-12-9-6-3)74-68(71)62-59-56-53-50-47-44-40-28-26-23-20-17-14-11-8-5-2/h7,9-10,12,16,18-21,23,25,27-28,30-31,33-34,36-37,39-42,45,65H,4-6,8,11,13-15,17,22,24,26,29,32,35,38,43-44,46-64H2,1-3H3/b10-7-,12-9-,19-16-,21-18-,23-20-,27-25-,31-30-,34-33-,37-36-,40-28-,41-39-,45-42-. The van der Waals surface area contributed by atoms with E-state index < -0.39 is 6.10 Å². The van der Waals surface area contributed by atoms with Gasteiger partial charge in [0.2, 0.25) is 0 Å². The third kappa shape index (κ3) is 58.2. The largest absolute Gasteiger partial charge is 0.462 e. The Labute approximate surface area is 455 Å². The van der Waals surface area contributed by atoms with Crippen LogP contribution in [-0.4, -0.2) is 37.2 Å². The lowest BCUT2D eigenvalue weighted by atomic mass is 10.1. The maximum absolute atomic E-state index is 12.9. The molecule has 1 atom stereocenters. The van der Waals surface area contributed by atoms with Gasteiger partial charge >= 0.3 is 17.9 Å². The smallest absolute Gasteiger partial charge is 0.306 e. The Morgan fingerprint density at radius 3 is 0.838 bits per heavy atom. The number of unbranched alkanes of at least 4 members (excludes halogenated alkanes) is 17. The van der Waals surface area contributed by atoms with Gasteiger partial charge in [-0.1, -0.05) is 231 Å². The molecule has 0 spiro atoms. The summed E-state index contributed by atoms with van der Waals surface area (Å²) < 4.78 is 16.8. The molecule has 0 N–H and O–H groups in total. The van der Waals surface area contributed by atoms with E-state index in [1.54, 1.807) is 0 Å². The summed E-state index contributed by atoms with van der Waals surface area (Å²) in [7, 11) is 0. The number of ether oxygens (including phenoxy) is 3. The first-order chi connectivity index (χ1) is 36.5. The second-order valence-corrected chi connectivity index (χ2v) is 19.1. The van der Waals surface area contributed by atoms with Gasteiger partial charge in [0, 0.05) is 19.3 Å². The highest BCUT2D eigenvalue weighted by molar-refractivity contribution is 5.71. The van der Waals surface area contributed by atoms with Crippen molar-refractivity contribution < 1.29 is 28.6 Å². The van der Waals surface area contributed by atoms with Gasteiger partial charge in [0.15, 0.2) is 6.10 Å². The van der Waals surface area contributed by atoms with Crippen molar-refractivity contribution in [3.05, 3.63) is 146 Å². The van der Waals surface area contributed by atoms with E-state index in [-0.39, 0.29) is 31.1 Å². The maximum Gasteiger partial charge on any atom is 0.306 e. The normalized spacial score (nSPS) is 13.2. The summed E-state index contributed by atoms with van der Waals surface area (Å²) in [5.41, 5.74) is 0. The van der Waals surface area contributed by atoms with Crippen LogP contribution in [0, 0.1) is 0 Å². The van der Waals surface area contributed by atoms with Gasteiger partial charge < -0.3 is 14.2 Å². The number of carbonyl (C=O) groups is 3. The molecule has 0 aromatic heterocycles. The quantitative estimate of drug-likeness (QED) is 0.0261. The van der Waals surface area contributed by atoms with E-state index in [1.165, 1.54) is 32.1 Å². The van der Waals surface area contributed by atoms with Crippen LogP contribution in [0.1, 0.15) is 245 Å². The van der Waals surface area contributed by atoms with E-state index in [9.17, 15) is 14.4 Å². The number of carbonyl (C=O) groups excluding carboxylic acids is 3. The van der Waals surface area contributed by atoms with E-state index >= 15 is 0 Å². The second-order valence-electron chi connectivity index (χ2n) is 19.1. The first-order valence-corrected chi connectivity index (χ1v) is 29.8. The van der Waals surface area contributed by atoms with Crippen molar-refractivity contribution in [2.75, 3.05) is 13.2 Å². The monoisotopic (exact) mass is 1020 g/mol. The van der Waals surface area contributed by atoms with Gasteiger partial charge in [-0.25, -0.2) is 0 Å². The third-order valence-electron chi connectivity index (χ3n) is 12.1. The van der Waals surface area contributed by atoms with Crippen molar-refractivity contribution in [3.63, 3.8) is 0 Å². The van der Waals surface area contributed by atoms with Gasteiger partial charge in [-0.05, 0) is 141 Å². The number of allylic oxidation sites excluding steroid dienone is 24. The zero-order valence-corrected chi connectivity index (χ0v) is 47.5. The molecule has 6 heteroatoms. The molecule has 74 heavy (non-hydrogen) atoms. The zero-order valence-electron chi connectivity index (χ0n) is 47.5. The summed E-state index contributed by atoms with van der Waals surface area (Å²) >= 11 is 0. The van der Waals surface area contributed by atoms with Crippen molar-refractivity contribution in [2.24, 2.45) is 0 Å². The Balaban J connectivity index is 4.43. The van der Waals surface area contributed by atoms with Crippen LogP contribution in [0.2, 0.25) is 0 Å². The Kier molecular flexibility index (Phi) is 57.0. The number of hydrogen-bond acceptors (Lipinski definition) is 6. The van der Waals surface area contributed by atoms with Crippen LogP contribution < -0.4 is 0 Å². The Hall–Kier alpha value is -4.71. The van der Waals surface area contributed by atoms with Gasteiger partial charge in [-0.2, -0.15) is 0 Å². The second kappa shape index (κ2) is 60.8. The van der Waals surface area contributed by atoms with Crippen molar-refractivity contribution in [2.45, 2.75) is 252 Å². The fourth-order valence-corrected chi connectivity index (χ4v) is 7.64. The molecule has 0 rings (SSSR count). The van der Waals surface area contributed by atoms with Crippen molar-refractivity contribution >= 4 is 17.9 Å². The minimum absolute atomic E-state index is 0.109. The molecule has 416 valence electrons. The summed E-state index contributed by atoms with van der Waals surface area (Å²) in [6.07, 6.45) is 87.0. The van der Waals surface area contributed by atoms with Gasteiger partial charge in [-0.15, -0.1) is 0 Å². The Morgan fingerprint density at radius 1 is 0.284 bits per heavy atom. The van der Waals surface area contributed by atoms with Gasteiger partial charge in [0.1, 0.15) is 13.2 Å². The molecule has 0 aromatic rings. The summed E-state index contributed by atoms with van der Waals surface area (Å²) in [5.74, 6) is -0.975. The maximum atomic E-state index is 12.9. The molecule has 0 fully saturated rings. The Bertz CT molecular complexity index is 1640. The number of esters is 3. The molecule has 0 aliphatic heterocycles. The topological polar surface area (TPSA) is 78.9 Å². The molecular weight excluding hydrogens is 913 g/mol. The average Bonchev–Trinajstić information content (AvgIpc) is 3.40. The van der Waals surface area contributed by atoms with Gasteiger partial charge in [0.05, 0.1) is 0 Å². The van der Waals surface area contributed by atoms with E-state index in [0.29, 0.717) is 19.3 Å². The van der Waals surface area contributed by atoms with Gasteiger partial charge in [0.25, 0.3) is 0 Å². The average molecular weight is 1020 g/mol. The molecule has 0 saturated carbocycles. The SMILES string of the molecule is CC/C=C\C/C=C\C/C=C\C/C=C\C/C=C\C/C=C\C/C=C\CCCCCCCC(=O)OCC(COC(=O)CCCCC/C=C\C/C=C\C/C=C\CC)OC(=O)CCCCCCC/C=C\C/C=C\CCCCCC. The highest BCUT2D eigenvalue weighted by Gasteiger charge is 2.19. The minimum Gasteiger partial charge on any atom is -0.462 e. The molecule has 0 saturated heterocycles. The zero-order chi connectivity index (χ0) is 53.6. The lowest BCUT2D eigenvalue weighted by Gasteiger charge is -2.18. The van der Waals surface area contributed by atoms with E-state index in [0.717, 1.165) is 173 Å². The molecule has 0 aliphatic rings. The Morgan fingerprint density at radius 2 is 0.527 bits per heavy atom. The molecule has 0 amide bonds. The summed E-state index contributed by atoms with van der Waals surface area (Å²) in [4.78, 5) is 38.2. The molecule has 0 aromatic carbocycles. The molecule has 0 heterocycles. The molecule has 0 bridgehead atoms. The van der Waals surface area contributed by atoms with E-state index in [1.807, 2.05) is 0 Å². The van der Waals surface area contributed by atoms with Crippen LogP contribution in [0.25, 0.3) is 0 Å². The minimum atomic E-state index is -0.813. The van der Waals surface area contributed by atoms with Crippen molar-refractivity contribution in [1.82, 2.24) is 0 Å². The number of hydrogen-bond donors (Lipinski definition) is 0. The van der Waals surface area contributed by atoms with Crippen LogP contribution in [-0.2, 0) is 28.6 Å². The van der Waals surface area contributed by atoms with E-state index in [2.05, 4.69) is 167 Å². The lowest BCUT2D eigenvalue weighted by Crippen LogP contribution is -2.30. The van der Waals surface area contributed by atoms with Crippen LogP contribution in [0.4, 0.5) is 0 Å². The van der Waals surface area contributed by atoms with Crippen LogP contribution in [0.5, 0.6) is 0 Å². The molecule has 6 nitrogen and oxygen atoms in total. The van der Waals surface area contributed by atoms with Crippen LogP contribution in [0.15, 0.2) is 146 Å². The fourth-order valence-electron chi connectivity index (χ4n) is 7.64. The first-order valence-electron chi connectivity index (χ1n) is 29.8. The van der Waals surface area contributed by atoms with Crippen molar-refractivity contribution in [3.8, 4) is 0 Å². The predicted octanol–water partition coefficient (Wildman–Crippen LogP) is 20.4. The molecular formula is C68H108O6. The van der Waals surface area contributed by atoms with Crippen LogP contribution in [0.3, 0.4) is 0 Å². The lowest BCUT2D eigenvalue weighted by molar-refractivity contribution is -0.167. The summed E-state index contributed by atoms with van der Waals surface area (Å²) in [5, 5.41) is 0. The highest BCUT2D eigenvalue weighted by atomic mass is 16.6. The first kappa shape index (κ1) is 69.3. The fraction of sp³-hybridized carbons (Fsp3) is 0.603. The summed E-state index contributed by atoms with van der Waals surface area (Å²) in [6.45, 7) is 6.33.